The normalized spacial score (nSPS) is 17.6. The van der Waals surface area contributed by atoms with Crippen LogP contribution < -0.4 is 10.1 Å². The fourth-order valence-electron chi connectivity index (χ4n) is 2.88. The predicted molar refractivity (Wildman–Crippen MR) is 94.2 cm³/mol. The summed E-state index contributed by atoms with van der Waals surface area (Å²) in [4.78, 5) is 23.5. The standard InChI is InChI=1S/C17H18N2O7S/c1-25-12-6-4-11(5-7-12)18-16(20)13-3-2-10-19(13)27(23,24)15-9-8-14(26-15)17(21)22/h4-9,13H,2-3,10H2,1H3,(H,18,20)(H,21,22). The van der Waals surface area contributed by atoms with Gasteiger partial charge in [-0.05, 0) is 49.2 Å². The highest BCUT2D eigenvalue weighted by Crippen LogP contribution is 2.28. The molecule has 0 aliphatic carbocycles. The summed E-state index contributed by atoms with van der Waals surface area (Å²) in [6.45, 7) is 0.145. The fourth-order valence-corrected chi connectivity index (χ4v) is 4.45. The molecule has 10 heteroatoms. The first-order valence-corrected chi connectivity index (χ1v) is 9.57. The second-order valence-corrected chi connectivity index (χ2v) is 7.74. The molecule has 1 aromatic heterocycles. The molecule has 1 amide bonds. The van der Waals surface area contributed by atoms with Crippen molar-refractivity contribution in [1.82, 2.24) is 4.31 Å². The first kappa shape index (κ1) is 18.9. The van der Waals surface area contributed by atoms with Crippen molar-refractivity contribution in [2.24, 2.45) is 0 Å². The number of sulfonamides is 1. The molecule has 1 unspecified atom stereocenters. The van der Waals surface area contributed by atoms with E-state index < -0.39 is 38.8 Å². The van der Waals surface area contributed by atoms with Gasteiger partial charge in [-0.1, -0.05) is 0 Å². The number of carboxylic acids is 1. The number of furan rings is 1. The molecule has 0 bridgehead atoms. The number of amides is 1. The number of aromatic carboxylic acids is 1. The molecule has 2 N–H and O–H groups in total. The van der Waals surface area contributed by atoms with E-state index in [9.17, 15) is 18.0 Å². The monoisotopic (exact) mass is 394 g/mol. The largest absolute Gasteiger partial charge is 0.497 e. The molecular formula is C17H18N2O7S. The lowest BCUT2D eigenvalue weighted by Gasteiger charge is -2.22. The number of carboxylic acid groups (broad SMARTS) is 1. The van der Waals surface area contributed by atoms with Crippen LogP contribution in [0.5, 0.6) is 5.75 Å². The van der Waals surface area contributed by atoms with E-state index in [-0.39, 0.29) is 6.54 Å². The highest BCUT2D eigenvalue weighted by Gasteiger charge is 2.41. The Morgan fingerprint density at radius 1 is 1.22 bits per heavy atom. The maximum atomic E-state index is 12.8. The molecule has 3 rings (SSSR count). The Morgan fingerprint density at radius 3 is 2.52 bits per heavy atom. The molecule has 2 aromatic rings. The quantitative estimate of drug-likeness (QED) is 0.765. The number of hydrogen-bond acceptors (Lipinski definition) is 6. The van der Waals surface area contributed by atoms with Crippen molar-refractivity contribution in [2.45, 2.75) is 24.0 Å². The van der Waals surface area contributed by atoms with Crippen molar-refractivity contribution in [3.05, 3.63) is 42.2 Å². The first-order valence-electron chi connectivity index (χ1n) is 8.13. The number of benzene rings is 1. The van der Waals surface area contributed by atoms with Gasteiger partial charge in [0.2, 0.25) is 16.8 Å². The summed E-state index contributed by atoms with van der Waals surface area (Å²) >= 11 is 0. The zero-order valence-corrected chi connectivity index (χ0v) is 15.2. The van der Waals surface area contributed by atoms with E-state index in [4.69, 9.17) is 14.3 Å². The molecule has 1 atom stereocenters. The van der Waals surface area contributed by atoms with Gasteiger partial charge in [-0.25, -0.2) is 13.2 Å². The number of carbonyl (C=O) groups is 2. The topological polar surface area (TPSA) is 126 Å². The molecule has 27 heavy (non-hydrogen) atoms. The molecule has 1 saturated heterocycles. The van der Waals surface area contributed by atoms with Crippen molar-refractivity contribution >= 4 is 27.6 Å². The molecule has 0 saturated carbocycles. The lowest BCUT2D eigenvalue weighted by atomic mass is 10.2. The Labute approximate surface area is 155 Å². The molecule has 0 radical (unpaired) electrons. The summed E-state index contributed by atoms with van der Waals surface area (Å²) in [5, 5.41) is 11.1. The maximum Gasteiger partial charge on any atom is 0.371 e. The molecule has 144 valence electrons. The van der Waals surface area contributed by atoms with E-state index >= 15 is 0 Å². The summed E-state index contributed by atoms with van der Waals surface area (Å²) in [5.41, 5.74) is 0.510. The van der Waals surface area contributed by atoms with E-state index in [1.54, 1.807) is 24.3 Å². The summed E-state index contributed by atoms with van der Waals surface area (Å²) in [6, 6.07) is 7.89. The minimum Gasteiger partial charge on any atom is -0.497 e. The Morgan fingerprint density at radius 2 is 1.93 bits per heavy atom. The van der Waals surface area contributed by atoms with Gasteiger partial charge in [0.1, 0.15) is 11.8 Å². The molecule has 1 aromatic carbocycles. The Bertz CT molecular complexity index is 950. The number of rotatable bonds is 6. The highest BCUT2D eigenvalue weighted by molar-refractivity contribution is 7.89. The zero-order chi connectivity index (χ0) is 19.6. The van der Waals surface area contributed by atoms with Gasteiger partial charge in [0, 0.05) is 12.2 Å². The average molecular weight is 394 g/mol. The molecule has 1 aliphatic rings. The summed E-state index contributed by atoms with van der Waals surface area (Å²) in [5.74, 6) is -1.69. The van der Waals surface area contributed by atoms with Gasteiger partial charge in [0.05, 0.1) is 7.11 Å². The minimum atomic E-state index is -4.13. The SMILES string of the molecule is COc1ccc(NC(=O)C2CCCN2S(=O)(=O)c2ccc(C(=O)O)o2)cc1. The van der Waals surface area contributed by atoms with Crippen LogP contribution in [0.25, 0.3) is 0 Å². The van der Waals surface area contributed by atoms with Crippen molar-refractivity contribution in [3.63, 3.8) is 0 Å². The van der Waals surface area contributed by atoms with Crippen molar-refractivity contribution in [2.75, 3.05) is 19.0 Å². The number of nitrogens with zero attached hydrogens (tertiary/aromatic N) is 1. The number of anilines is 1. The van der Waals surface area contributed by atoms with Crippen molar-refractivity contribution in [1.29, 1.82) is 0 Å². The smallest absolute Gasteiger partial charge is 0.371 e. The van der Waals surface area contributed by atoms with E-state index in [0.717, 1.165) is 16.4 Å². The molecular weight excluding hydrogens is 376 g/mol. The molecule has 9 nitrogen and oxygen atoms in total. The number of methoxy groups -OCH3 is 1. The van der Waals surface area contributed by atoms with E-state index in [1.165, 1.54) is 7.11 Å². The second-order valence-electron chi connectivity index (χ2n) is 5.92. The number of hydrogen-bond donors (Lipinski definition) is 2. The minimum absolute atomic E-state index is 0.145. The lowest BCUT2D eigenvalue weighted by molar-refractivity contribution is -0.119. The van der Waals surface area contributed by atoms with Crippen LogP contribution in [0.1, 0.15) is 23.4 Å². The summed E-state index contributed by atoms with van der Waals surface area (Å²) < 4.78 is 36.5. The van der Waals surface area contributed by atoms with Gasteiger partial charge in [-0.15, -0.1) is 0 Å². The maximum absolute atomic E-state index is 12.8. The van der Waals surface area contributed by atoms with E-state index in [0.29, 0.717) is 24.3 Å². The average Bonchev–Trinajstić information content (AvgIpc) is 3.32. The van der Waals surface area contributed by atoms with Gasteiger partial charge in [0.15, 0.2) is 0 Å². The van der Waals surface area contributed by atoms with Crippen LogP contribution in [0.15, 0.2) is 45.9 Å². The van der Waals surface area contributed by atoms with Gasteiger partial charge in [-0.2, -0.15) is 4.31 Å². The Hall–Kier alpha value is -2.85. The highest BCUT2D eigenvalue weighted by atomic mass is 32.2. The lowest BCUT2D eigenvalue weighted by Crippen LogP contribution is -2.43. The second kappa shape index (κ2) is 7.41. The van der Waals surface area contributed by atoms with Crippen LogP contribution in [-0.4, -0.2) is 49.4 Å². The van der Waals surface area contributed by atoms with Crippen LogP contribution in [0.4, 0.5) is 5.69 Å². The summed E-state index contributed by atoms with van der Waals surface area (Å²) in [6.07, 6.45) is 0.861. The van der Waals surface area contributed by atoms with Gasteiger partial charge in [-0.3, -0.25) is 4.79 Å². The summed E-state index contributed by atoms with van der Waals surface area (Å²) in [7, 11) is -2.60. The van der Waals surface area contributed by atoms with Crippen molar-refractivity contribution in [3.8, 4) is 5.75 Å². The van der Waals surface area contributed by atoms with Gasteiger partial charge >= 0.3 is 5.97 Å². The van der Waals surface area contributed by atoms with E-state index in [1.807, 2.05) is 0 Å². The van der Waals surface area contributed by atoms with E-state index in [2.05, 4.69) is 5.32 Å². The zero-order valence-electron chi connectivity index (χ0n) is 14.4. The molecule has 1 aliphatic heterocycles. The third-order valence-corrected chi connectivity index (χ3v) is 6.00. The Kier molecular flexibility index (Phi) is 5.19. The molecule has 0 spiro atoms. The van der Waals surface area contributed by atoms with Gasteiger partial charge in [0.25, 0.3) is 10.0 Å². The van der Waals surface area contributed by atoms with Crippen LogP contribution >= 0.6 is 0 Å². The first-order chi connectivity index (χ1) is 12.8. The number of carbonyl (C=O) groups excluding carboxylic acids is 1. The number of nitrogens with one attached hydrogen (secondary N) is 1. The number of ether oxygens (including phenoxy) is 1. The van der Waals surface area contributed by atoms with Crippen LogP contribution in [0.3, 0.4) is 0 Å². The molecule has 1 fully saturated rings. The third-order valence-electron chi connectivity index (χ3n) is 4.22. The fraction of sp³-hybridized carbons (Fsp3) is 0.294. The van der Waals surface area contributed by atoms with Crippen LogP contribution in [-0.2, 0) is 14.8 Å². The third kappa shape index (κ3) is 3.81. The predicted octanol–water partition coefficient (Wildman–Crippen LogP) is 1.78. The Balaban J connectivity index is 1.78. The van der Waals surface area contributed by atoms with Crippen LogP contribution in [0, 0.1) is 0 Å². The van der Waals surface area contributed by atoms with Crippen LogP contribution in [0.2, 0.25) is 0 Å². The van der Waals surface area contributed by atoms with Crippen molar-refractivity contribution < 1.29 is 32.3 Å². The van der Waals surface area contributed by atoms with Gasteiger partial charge < -0.3 is 19.6 Å². The molecule has 2 heterocycles.